The first-order valence-electron chi connectivity index (χ1n) is 11.9. The predicted octanol–water partition coefficient (Wildman–Crippen LogP) is 8.48. The van der Waals surface area contributed by atoms with Crippen molar-refractivity contribution in [1.82, 2.24) is 0 Å². The SMILES string of the molecule is CCCCCC1CCC(CCc2ccc(-c3ccc(CC)cc3)cc2)C(C)C1. The van der Waals surface area contributed by atoms with E-state index in [2.05, 4.69) is 69.3 Å². The van der Waals surface area contributed by atoms with Gasteiger partial charge in [-0.25, -0.2) is 0 Å². The minimum atomic E-state index is 0.914. The zero-order chi connectivity index (χ0) is 19.8. The Hall–Kier alpha value is -1.56. The third kappa shape index (κ3) is 5.97. The molecule has 0 heterocycles. The highest BCUT2D eigenvalue weighted by Crippen LogP contribution is 2.38. The van der Waals surface area contributed by atoms with Crippen LogP contribution in [-0.2, 0) is 12.8 Å². The number of hydrogen-bond acceptors (Lipinski definition) is 0. The van der Waals surface area contributed by atoms with Gasteiger partial charge in [0, 0.05) is 0 Å². The van der Waals surface area contributed by atoms with E-state index in [1.807, 2.05) is 0 Å². The lowest BCUT2D eigenvalue weighted by Gasteiger charge is -2.34. The number of rotatable bonds is 9. The summed E-state index contributed by atoms with van der Waals surface area (Å²) in [5, 5.41) is 0. The lowest BCUT2D eigenvalue weighted by molar-refractivity contribution is 0.175. The summed E-state index contributed by atoms with van der Waals surface area (Å²) in [5.74, 6) is 2.86. The summed E-state index contributed by atoms with van der Waals surface area (Å²) in [6, 6.07) is 18.3. The molecule has 1 aliphatic rings. The Labute approximate surface area is 173 Å². The topological polar surface area (TPSA) is 0 Å². The summed E-state index contributed by atoms with van der Waals surface area (Å²) < 4.78 is 0. The van der Waals surface area contributed by atoms with Crippen LogP contribution < -0.4 is 0 Å². The monoisotopic (exact) mass is 376 g/mol. The molecular formula is C28H40. The van der Waals surface area contributed by atoms with Gasteiger partial charge in [0.05, 0.1) is 0 Å². The maximum absolute atomic E-state index is 2.51. The van der Waals surface area contributed by atoms with Gasteiger partial charge < -0.3 is 0 Å². The largest absolute Gasteiger partial charge is 0.0654 e. The minimum absolute atomic E-state index is 0.914. The van der Waals surface area contributed by atoms with Gasteiger partial charge in [0.25, 0.3) is 0 Å². The van der Waals surface area contributed by atoms with E-state index >= 15 is 0 Å². The Morgan fingerprint density at radius 2 is 1.39 bits per heavy atom. The number of benzene rings is 2. The van der Waals surface area contributed by atoms with Crippen LogP contribution in [0.5, 0.6) is 0 Å². The van der Waals surface area contributed by atoms with E-state index < -0.39 is 0 Å². The first-order chi connectivity index (χ1) is 13.7. The molecule has 1 saturated carbocycles. The van der Waals surface area contributed by atoms with Crippen molar-refractivity contribution in [2.75, 3.05) is 0 Å². The van der Waals surface area contributed by atoms with Gasteiger partial charge in [-0.05, 0) is 72.1 Å². The van der Waals surface area contributed by atoms with Crippen LogP contribution in [0.25, 0.3) is 11.1 Å². The fraction of sp³-hybridized carbons (Fsp3) is 0.571. The zero-order valence-corrected chi connectivity index (χ0v) is 18.4. The molecule has 28 heavy (non-hydrogen) atoms. The molecule has 2 aromatic rings. The normalized spacial score (nSPS) is 22.3. The van der Waals surface area contributed by atoms with Crippen LogP contribution in [0.2, 0.25) is 0 Å². The van der Waals surface area contributed by atoms with Gasteiger partial charge in [0.1, 0.15) is 0 Å². The minimum Gasteiger partial charge on any atom is -0.0654 e. The molecule has 0 nitrogen and oxygen atoms in total. The molecule has 0 bridgehead atoms. The van der Waals surface area contributed by atoms with E-state index in [4.69, 9.17) is 0 Å². The summed E-state index contributed by atoms with van der Waals surface area (Å²) in [5.41, 5.74) is 5.59. The third-order valence-corrected chi connectivity index (χ3v) is 7.12. The second-order valence-electron chi connectivity index (χ2n) is 9.20. The first kappa shape index (κ1) is 21.2. The zero-order valence-electron chi connectivity index (χ0n) is 18.4. The molecule has 3 rings (SSSR count). The molecular weight excluding hydrogens is 336 g/mol. The van der Waals surface area contributed by atoms with Crippen LogP contribution in [0.1, 0.15) is 83.3 Å². The molecule has 0 aromatic heterocycles. The van der Waals surface area contributed by atoms with Gasteiger partial charge in [0.2, 0.25) is 0 Å². The standard InChI is InChI=1S/C28H40/c1-4-6-7-8-25-14-16-26(22(3)21-25)15-11-24-12-19-28(20-13-24)27-17-9-23(5-2)10-18-27/h9-10,12-13,17-20,22,25-26H,4-8,11,14-16,21H2,1-3H3. The average Bonchev–Trinajstić information content (AvgIpc) is 2.74. The van der Waals surface area contributed by atoms with Crippen LogP contribution in [0.4, 0.5) is 0 Å². The first-order valence-corrected chi connectivity index (χ1v) is 11.9. The molecule has 0 radical (unpaired) electrons. The summed E-state index contributed by atoms with van der Waals surface area (Å²) in [7, 11) is 0. The van der Waals surface area contributed by atoms with Crippen molar-refractivity contribution in [3.8, 4) is 11.1 Å². The van der Waals surface area contributed by atoms with E-state index in [-0.39, 0.29) is 0 Å². The van der Waals surface area contributed by atoms with E-state index in [1.165, 1.54) is 80.0 Å². The highest BCUT2D eigenvalue weighted by molar-refractivity contribution is 5.63. The van der Waals surface area contributed by atoms with Crippen molar-refractivity contribution in [2.24, 2.45) is 17.8 Å². The number of unbranched alkanes of at least 4 members (excludes halogenated alkanes) is 2. The Morgan fingerprint density at radius 3 is 1.96 bits per heavy atom. The molecule has 0 saturated heterocycles. The summed E-state index contributed by atoms with van der Waals surface area (Å²) >= 11 is 0. The summed E-state index contributed by atoms with van der Waals surface area (Å²) in [6.45, 7) is 7.04. The Kier molecular flexibility index (Phi) is 8.19. The second kappa shape index (κ2) is 10.8. The maximum Gasteiger partial charge on any atom is -0.0184 e. The fourth-order valence-corrected chi connectivity index (χ4v) is 5.09. The van der Waals surface area contributed by atoms with Gasteiger partial charge in [-0.15, -0.1) is 0 Å². The van der Waals surface area contributed by atoms with E-state index in [0.29, 0.717) is 0 Å². The summed E-state index contributed by atoms with van der Waals surface area (Å²) in [6.07, 6.45) is 13.8. The highest BCUT2D eigenvalue weighted by atomic mass is 14.3. The lowest BCUT2D eigenvalue weighted by Crippen LogP contribution is -2.23. The molecule has 0 aliphatic heterocycles. The van der Waals surface area contributed by atoms with Crippen molar-refractivity contribution >= 4 is 0 Å². The van der Waals surface area contributed by atoms with Crippen LogP contribution >= 0.6 is 0 Å². The lowest BCUT2D eigenvalue weighted by atomic mass is 9.71. The molecule has 152 valence electrons. The molecule has 1 fully saturated rings. The molecule has 1 aliphatic carbocycles. The molecule has 0 heteroatoms. The Balaban J connectivity index is 1.47. The van der Waals surface area contributed by atoms with Gasteiger partial charge in [-0.2, -0.15) is 0 Å². The van der Waals surface area contributed by atoms with Gasteiger partial charge in [-0.3, -0.25) is 0 Å². The van der Waals surface area contributed by atoms with Crippen molar-refractivity contribution in [3.05, 3.63) is 59.7 Å². The smallest absolute Gasteiger partial charge is 0.0184 e. The van der Waals surface area contributed by atoms with E-state index in [0.717, 1.165) is 24.2 Å². The van der Waals surface area contributed by atoms with Crippen LogP contribution in [0, 0.1) is 17.8 Å². The van der Waals surface area contributed by atoms with Crippen LogP contribution in [-0.4, -0.2) is 0 Å². The van der Waals surface area contributed by atoms with Gasteiger partial charge in [-0.1, -0.05) is 101 Å². The van der Waals surface area contributed by atoms with E-state index in [1.54, 1.807) is 0 Å². The quantitative estimate of drug-likeness (QED) is 0.385. The molecule has 0 N–H and O–H groups in total. The third-order valence-electron chi connectivity index (χ3n) is 7.12. The van der Waals surface area contributed by atoms with Crippen molar-refractivity contribution in [3.63, 3.8) is 0 Å². The molecule has 0 amide bonds. The maximum atomic E-state index is 2.51. The van der Waals surface area contributed by atoms with Gasteiger partial charge >= 0.3 is 0 Å². The molecule has 2 aromatic carbocycles. The summed E-state index contributed by atoms with van der Waals surface area (Å²) in [4.78, 5) is 0. The Bertz CT molecular complexity index is 679. The van der Waals surface area contributed by atoms with E-state index in [9.17, 15) is 0 Å². The second-order valence-corrected chi connectivity index (χ2v) is 9.20. The van der Waals surface area contributed by atoms with Crippen LogP contribution in [0.15, 0.2) is 48.5 Å². The van der Waals surface area contributed by atoms with Crippen molar-refractivity contribution in [2.45, 2.75) is 85.0 Å². The number of hydrogen-bond donors (Lipinski definition) is 0. The average molecular weight is 377 g/mol. The highest BCUT2D eigenvalue weighted by Gasteiger charge is 2.26. The van der Waals surface area contributed by atoms with Crippen molar-refractivity contribution < 1.29 is 0 Å². The fourth-order valence-electron chi connectivity index (χ4n) is 5.09. The molecule has 3 unspecified atom stereocenters. The predicted molar refractivity (Wildman–Crippen MR) is 124 cm³/mol. The van der Waals surface area contributed by atoms with Crippen molar-refractivity contribution in [1.29, 1.82) is 0 Å². The van der Waals surface area contributed by atoms with Crippen LogP contribution in [0.3, 0.4) is 0 Å². The molecule has 0 spiro atoms. The molecule has 3 atom stereocenters. The number of aryl methyl sites for hydroxylation is 2. The Morgan fingerprint density at radius 1 is 0.750 bits per heavy atom. The van der Waals surface area contributed by atoms with Gasteiger partial charge in [0.15, 0.2) is 0 Å².